The minimum absolute atomic E-state index is 0.157. The summed E-state index contributed by atoms with van der Waals surface area (Å²) in [4.78, 5) is 0. The third kappa shape index (κ3) is 3.42. The molecule has 1 rings (SSSR count). The zero-order valence-electron chi connectivity index (χ0n) is 7.76. The molecule has 3 N–H and O–H groups in total. The molecule has 0 fully saturated rings. The van der Waals surface area contributed by atoms with E-state index in [1.54, 1.807) is 12.1 Å². The number of benzene rings is 1. The van der Waals surface area contributed by atoms with Crippen molar-refractivity contribution in [2.75, 3.05) is 11.9 Å². The van der Waals surface area contributed by atoms with Crippen LogP contribution in [0.1, 0.15) is 13.3 Å². The van der Waals surface area contributed by atoms with Gasteiger partial charge in [-0.15, -0.1) is 0 Å². The van der Waals surface area contributed by atoms with Crippen molar-refractivity contribution >= 4 is 5.69 Å². The van der Waals surface area contributed by atoms with Gasteiger partial charge < -0.3 is 11.1 Å². The van der Waals surface area contributed by atoms with Crippen molar-refractivity contribution in [1.82, 2.24) is 0 Å². The molecule has 1 atom stereocenters. The van der Waals surface area contributed by atoms with Crippen molar-refractivity contribution in [3.05, 3.63) is 30.1 Å². The number of hydrogen-bond acceptors (Lipinski definition) is 2. The molecule has 0 heterocycles. The smallest absolute Gasteiger partial charge is 0.123 e. The van der Waals surface area contributed by atoms with E-state index in [2.05, 4.69) is 5.32 Å². The first-order chi connectivity index (χ1) is 6.22. The van der Waals surface area contributed by atoms with Crippen molar-refractivity contribution in [3.63, 3.8) is 0 Å². The Morgan fingerprint density at radius 2 is 2.00 bits per heavy atom. The number of nitrogens with one attached hydrogen (secondary N) is 1. The highest BCUT2D eigenvalue weighted by atomic mass is 19.1. The van der Waals surface area contributed by atoms with Crippen molar-refractivity contribution < 1.29 is 4.39 Å². The molecule has 0 saturated carbocycles. The van der Waals surface area contributed by atoms with Crippen LogP contribution in [-0.2, 0) is 0 Å². The van der Waals surface area contributed by atoms with Gasteiger partial charge in [0.15, 0.2) is 0 Å². The van der Waals surface area contributed by atoms with Gasteiger partial charge >= 0.3 is 0 Å². The fourth-order valence-corrected chi connectivity index (χ4v) is 0.961. The highest BCUT2D eigenvalue weighted by Gasteiger charge is 1.98. The molecule has 1 aromatic carbocycles. The molecule has 1 unspecified atom stereocenters. The van der Waals surface area contributed by atoms with E-state index in [0.29, 0.717) is 0 Å². The highest BCUT2D eigenvalue weighted by Crippen LogP contribution is 2.07. The van der Waals surface area contributed by atoms with Gasteiger partial charge in [-0.1, -0.05) is 6.92 Å². The van der Waals surface area contributed by atoms with Crippen LogP contribution in [0.4, 0.5) is 10.1 Å². The summed E-state index contributed by atoms with van der Waals surface area (Å²) in [7, 11) is 0. The molecule has 72 valence electrons. The molecule has 0 aromatic heterocycles. The van der Waals surface area contributed by atoms with Crippen LogP contribution in [-0.4, -0.2) is 12.6 Å². The lowest BCUT2D eigenvalue weighted by Gasteiger charge is -2.10. The standard InChI is InChI=1S/C10H15FN2/c1-2-9(12)7-13-10-5-3-8(11)4-6-10/h3-6,9,13H,2,7,12H2,1H3. The van der Waals surface area contributed by atoms with Crippen LogP contribution in [0.15, 0.2) is 24.3 Å². The summed E-state index contributed by atoms with van der Waals surface area (Å²) in [5.41, 5.74) is 6.62. The van der Waals surface area contributed by atoms with Crippen molar-refractivity contribution in [2.45, 2.75) is 19.4 Å². The summed E-state index contributed by atoms with van der Waals surface area (Å²) in [5, 5.41) is 3.13. The van der Waals surface area contributed by atoms with E-state index in [0.717, 1.165) is 18.7 Å². The molecule has 0 saturated heterocycles. The maximum absolute atomic E-state index is 12.5. The van der Waals surface area contributed by atoms with E-state index in [1.165, 1.54) is 12.1 Å². The molecule has 13 heavy (non-hydrogen) atoms. The van der Waals surface area contributed by atoms with Gasteiger partial charge in [0, 0.05) is 18.3 Å². The number of rotatable bonds is 4. The highest BCUT2D eigenvalue weighted by molar-refractivity contribution is 5.42. The molecule has 0 spiro atoms. The second-order valence-corrected chi connectivity index (χ2v) is 3.06. The van der Waals surface area contributed by atoms with Crippen LogP contribution in [0.3, 0.4) is 0 Å². The normalized spacial score (nSPS) is 12.5. The SMILES string of the molecule is CCC(N)CNc1ccc(F)cc1. The summed E-state index contributed by atoms with van der Waals surface area (Å²) in [5.74, 6) is -0.217. The molecular formula is C10H15FN2. The minimum Gasteiger partial charge on any atom is -0.383 e. The first-order valence-corrected chi connectivity index (χ1v) is 4.47. The Kier molecular flexibility index (Phi) is 3.71. The van der Waals surface area contributed by atoms with Gasteiger partial charge in [0.2, 0.25) is 0 Å². The fourth-order valence-electron chi connectivity index (χ4n) is 0.961. The number of halogens is 1. The maximum Gasteiger partial charge on any atom is 0.123 e. The lowest BCUT2D eigenvalue weighted by molar-refractivity contribution is 0.627. The van der Waals surface area contributed by atoms with E-state index >= 15 is 0 Å². The quantitative estimate of drug-likeness (QED) is 0.747. The van der Waals surface area contributed by atoms with Crippen molar-refractivity contribution in [3.8, 4) is 0 Å². The van der Waals surface area contributed by atoms with E-state index < -0.39 is 0 Å². The van der Waals surface area contributed by atoms with Crippen LogP contribution < -0.4 is 11.1 Å². The Balaban J connectivity index is 2.41. The molecule has 0 radical (unpaired) electrons. The lowest BCUT2D eigenvalue weighted by atomic mass is 10.2. The van der Waals surface area contributed by atoms with Crippen LogP contribution in [0, 0.1) is 5.82 Å². The monoisotopic (exact) mass is 182 g/mol. The van der Waals surface area contributed by atoms with E-state index in [9.17, 15) is 4.39 Å². The summed E-state index contributed by atoms with van der Waals surface area (Å²) in [6.07, 6.45) is 0.939. The van der Waals surface area contributed by atoms with Gasteiger partial charge in [-0.05, 0) is 30.7 Å². The van der Waals surface area contributed by atoms with Gasteiger partial charge in [0.05, 0.1) is 0 Å². The van der Waals surface area contributed by atoms with Gasteiger partial charge in [-0.2, -0.15) is 0 Å². The average Bonchev–Trinajstić information content (AvgIpc) is 2.16. The predicted molar refractivity (Wildman–Crippen MR) is 53.2 cm³/mol. The molecular weight excluding hydrogens is 167 g/mol. The van der Waals surface area contributed by atoms with Gasteiger partial charge in [0.1, 0.15) is 5.82 Å². The molecule has 0 aliphatic rings. The van der Waals surface area contributed by atoms with Crippen molar-refractivity contribution in [2.24, 2.45) is 5.73 Å². The van der Waals surface area contributed by atoms with Gasteiger partial charge in [0.25, 0.3) is 0 Å². The number of nitrogens with two attached hydrogens (primary N) is 1. The van der Waals surface area contributed by atoms with Gasteiger partial charge in [-0.25, -0.2) is 4.39 Å². The summed E-state index contributed by atoms with van der Waals surface area (Å²) in [6, 6.07) is 6.43. The molecule has 2 nitrogen and oxygen atoms in total. The topological polar surface area (TPSA) is 38.0 Å². The van der Waals surface area contributed by atoms with Gasteiger partial charge in [-0.3, -0.25) is 0 Å². The fraction of sp³-hybridized carbons (Fsp3) is 0.400. The average molecular weight is 182 g/mol. The summed E-state index contributed by atoms with van der Waals surface area (Å²) < 4.78 is 12.5. The summed E-state index contributed by atoms with van der Waals surface area (Å²) >= 11 is 0. The summed E-state index contributed by atoms with van der Waals surface area (Å²) in [6.45, 7) is 2.76. The van der Waals surface area contributed by atoms with E-state index in [-0.39, 0.29) is 11.9 Å². The molecule has 0 amide bonds. The zero-order valence-corrected chi connectivity index (χ0v) is 7.76. The number of hydrogen-bond donors (Lipinski definition) is 2. The van der Waals surface area contributed by atoms with Crippen LogP contribution in [0.2, 0.25) is 0 Å². The maximum atomic E-state index is 12.5. The lowest BCUT2D eigenvalue weighted by Crippen LogP contribution is -2.27. The second-order valence-electron chi connectivity index (χ2n) is 3.06. The van der Waals surface area contributed by atoms with E-state index in [1.807, 2.05) is 6.92 Å². The first kappa shape index (κ1) is 9.99. The Labute approximate surface area is 77.9 Å². The third-order valence-corrected chi connectivity index (χ3v) is 1.94. The van der Waals surface area contributed by atoms with Crippen LogP contribution in [0.5, 0.6) is 0 Å². The molecule has 0 bridgehead atoms. The van der Waals surface area contributed by atoms with Crippen molar-refractivity contribution in [1.29, 1.82) is 0 Å². The Morgan fingerprint density at radius 1 is 1.38 bits per heavy atom. The van der Waals surface area contributed by atoms with Crippen LogP contribution in [0.25, 0.3) is 0 Å². The Morgan fingerprint density at radius 3 is 2.54 bits per heavy atom. The molecule has 0 aliphatic heterocycles. The molecule has 3 heteroatoms. The first-order valence-electron chi connectivity index (χ1n) is 4.47. The molecule has 1 aromatic rings. The van der Waals surface area contributed by atoms with Crippen LogP contribution >= 0.6 is 0 Å². The Hall–Kier alpha value is -1.09. The van der Waals surface area contributed by atoms with E-state index in [4.69, 9.17) is 5.73 Å². The predicted octanol–water partition coefficient (Wildman–Crippen LogP) is 1.97. The number of anilines is 1. The Bertz CT molecular complexity index is 246. The third-order valence-electron chi connectivity index (χ3n) is 1.94. The zero-order chi connectivity index (χ0) is 9.68. The minimum atomic E-state index is -0.217. The molecule has 0 aliphatic carbocycles. The largest absolute Gasteiger partial charge is 0.383 e. The second kappa shape index (κ2) is 4.82.